The van der Waals surface area contributed by atoms with E-state index in [0.29, 0.717) is 0 Å². The van der Waals surface area contributed by atoms with Crippen molar-refractivity contribution >= 4 is 5.91 Å². The van der Waals surface area contributed by atoms with Gasteiger partial charge in [-0.3, -0.25) is 4.79 Å². The van der Waals surface area contributed by atoms with Crippen molar-refractivity contribution in [1.29, 1.82) is 0 Å². The molecule has 2 rings (SSSR count). The Bertz CT molecular complexity index is 205. The quantitative estimate of drug-likeness (QED) is 0.658. The van der Waals surface area contributed by atoms with Crippen LogP contribution in [-0.4, -0.2) is 24.5 Å². The summed E-state index contributed by atoms with van der Waals surface area (Å²) in [5, 5.41) is 6.40. The molecule has 2 N–H and O–H groups in total. The first-order chi connectivity index (χ1) is 6.20. The first-order valence-electron chi connectivity index (χ1n) is 5.22. The van der Waals surface area contributed by atoms with Gasteiger partial charge in [0.2, 0.25) is 5.91 Å². The average molecular weight is 182 g/mol. The zero-order valence-electron chi connectivity index (χ0n) is 8.23. The van der Waals surface area contributed by atoms with Crippen LogP contribution < -0.4 is 10.6 Å². The van der Waals surface area contributed by atoms with Crippen molar-refractivity contribution in [3.8, 4) is 0 Å². The van der Waals surface area contributed by atoms with E-state index in [2.05, 4.69) is 17.6 Å². The van der Waals surface area contributed by atoms with Crippen LogP contribution in [0.4, 0.5) is 0 Å². The number of hydrogen-bond acceptors (Lipinski definition) is 2. The number of carbonyl (C=O) groups is 1. The van der Waals surface area contributed by atoms with Crippen LogP contribution in [0.25, 0.3) is 0 Å². The van der Waals surface area contributed by atoms with Crippen LogP contribution in [0.15, 0.2) is 0 Å². The maximum absolute atomic E-state index is 11.7. The topological polar surface area (TPSA) is 41.1 Å². The van der Waals surface area contributed by atoms with Gasteiger partial charge in [-0.1, -0.05) is 0 Å². The summed E-state index contributed by atoms with van der Waals surface area (Å²) in [5.41, 5.74) is 0.155. The van der Waals surface area contributed by atoms with Gasteiger partial charge in [0.05, 0.1) is 0 Å². The van der Waals surface area contributed by atoms with E-state index < -0.39 is 0 Å². The SMILES string of the molecule is CC1(NC(=O)C2CCNCC2)CC1. The maximum Gasteiger partial charge on any atom is 0.223 e. The first kappa shape index (κ1) is 9.00. The first-order valence-corrected chi connectivity index (χ1v) is 5.22. The van der Waals surface area contributed by atoms with E-state index >= 15 is 0 Å². The molecule has 74 valence electrons. The molecule has 0 radical (unpaired) electrons. The molecule has 13 heavy (non-hydrogen) atoms. The molecule has 1 saturated carbocycles. The van der Waals surface area contributed by atoms with Gasteiger partial charge in [-0.15, -0.1) is 0 Å². The third-order valence-corrected chi connectivity index (χ3v) is 3.13. The number of hydrogen-bond donors (Lipinski definition) is 2. The van der Waals surface area contributed by atoms with E-state index in [1.54, 1.807) is 0 Å². The normalized spacial score (nSPS) is 26.8. The Morgan fingerprint density at radius 3 is 2.54 bits per heavy atom. The molecule has 0 aromatic heterocycles. The van der Waals surface area contributed by atoms with Crippen molar-refractivity contribution in [3.63, 3.8) is 0 Å². The monoisotopic (exact) mass is 182 g/mol. The van der Waals surface area contributed by atoms with Crippen molar-refractivity contribution in [2.24, 2.45) is 5.92 Å². The highest BCUT2D eigenvalue weighted by Gasteiger charge is 2.39. The molecular weight excluding hydrogens is 164 g/mol. The second-order valence-electron chi connectivity index (χ2n) is 4.57. The van der Waals surface area contributed by atoms with E-state index in [1.165, 1.54) is 0 Å². The summed E-state index contributed by atoms with van der Waals surface area (Å²) >= 11 is 0. The lowest BCUT2D eigenvalue weighted by atomic mass is 9.97. The average Bonchev–Trinajstić information content (AvgIpc) is 2.85. The third kappa shape index (κ3) is 2.21. The lowest BCUT2D eigenvalue weighted by molar-refractivity contribution is -0.126. The fourth-order valence-electron chi connectivity index (χ4n) is 1.80. The van der Waals surface area contributed by atoms with Crippen molar-refractivity contribution in [3.05, 3.63) is 0 Å². The van der Waals surface area contributed by atoms with E-state index in [0.717, 1.165) is 38.8 Å². The lowest BCUT2D eigenvalue weighted by Gasteiger charge is -2.23. The summed E-state index contributed by atoms with van der Waals surface area (Å²) < 4.78 is 0. The maximum atomic E-state index is 11.7. The van der Waals surface area contributed by atoms with E-state index in [4.69, 9.17) is 0 Å². The van der Waals surface area contributed by atoms with Gasteiger partial charge in [0, 0.05) is 11.5 Å². The summed E-state index contributed by atoms with van der Waals surface area (Å²) in [6.45, 7) is 4.12. The highest BCUT2D eigenvalue weighted by molar-refractivity contribution is 5.79. The Hall–Kier alpha value is -0.570. The van der Waals surface area contributed by atoms with Gasteiger partial charge >= 0.3 is 0 Å². The zero-order valence-corrected chi connectivity index (χ0v) is 8.23. The van der Waals surface area contributed by atoms with Crippen LogP contribution in [0, 0.1) is 5.92 Å². The van der Waals surface area contributed by atoms with Crippen LogP contribution in [0.3, 0.4) is 0 Å². The van der Waals surface area contributed by atoms with Gasteiger partial charge in [0.25, 0.3) is 0 Å². The van der Waals surface area contributed by atoms with Crippen LogP contribution >= 0.6 is 0 Å². The fourth-order valence-corrected chi connectivity index (χ4v) is 1.80. The minimum absolute atomic E-state index is 0.155. The fraction of sp³-hybridized carbons (Fsp3) is 0.900. The largest absolute Gasteiger partial charge is 0.351 e. The molecule has 0 spiro atoms. The minimum atomic E-state index is 0.155. The van der Waals surface area contributed by atoms with Gasteiger partial charge in [-0.25, -0.2) is 0 Å². The van der Waals surface area contributed by atoms with Crippen molar-refractivity contribution < 1.29 is 4.79 Å². The molecule has 1 amide bonds. The molecule has 3 nitrogen and oxygen atoms in total. The lowest BCUT2D eigenvalue weighted by Crippen LogP contribution is -2.42. The molecule has 0 atom stereocenters. The summed E-state index contributed by atoms with van der Waals surface area (Å²) in [6, 6.07) is 0. The third-order valence-electron chi connectivity index (χ3n) is 3.13. The van der Waals surface area contributed by atoms with Crippen molar-refractivity contribution in [2.75, 3.05) is 13.1 Å². The Labute approximate surface area is 79.3 Å². The molecule has 1 saturated heterocycles. The van der Waals surface area contributed by atoms with Gasteiger partial charge < -0.3 is 10.6 Å². The molecule has 3 heteroatoms. The number of nitrogens with one attached hydrogen (secondary N) is 2. The zero-order chi connectivity index (χ0) is 9.31. The van der Waals surface area contributed by atoms with Crippen molar-refractivity contribution in [1.82, 2.24) is 10.6 Å². The van der Waals surface area contributed by atoms with Gasteiger partial charge in [-0.05, 0) is 45.7 Å². The Kier molecular flexibility index (Phi) is 2.28. The van der Waals surface area contributed by atoms with Crippen LogP contribution in [-0.2, 0) is 4.79 Å². The minimum Gasteiger partial charge on any atom is -0.351 e. The Balaban J connectivity index is 1.81. The Morgan fingerprint density at radius 1 is 1.38 bits per heavy atom. The summed E-state index contributed by atoms with van der Waals surface area (Å²) in [4.78, 5) is 11.7. The van der Waals surface area contributed by atoms with Crippen LogP contribution in [0.1, 0.15) is 32.6 Å². The second kappa shape index (κ2) is 3.29. The molecule has 1 aliphatic heterocycles. The summed E-state index contributed by atoms with van der Waals surface area (Å²) in [6.07, 6.45) is 4.32. The molecule has 0 aromatic carbocycles. The smallest absolute Gasteiger partial charge is 0.223 e. The molecule has 0 bridgehead atoms. The highest BCUT2D eigenvalue weighted by Crippen LogP contribution is 2.34. The standard InChI is InChI=1S/C10H18N2O/c1-10(4-5-10)12-9(13)8-2-6-11-7-3-8/h8,11H,2-7H2,1H3,(H,12,13). The summed E-state index contributed by atoms with van der Waals surface area (Å²) in [5.74, 6) is 0.542. The highest BCUT2D eigenvalue weighted by atomic mass is 16.2. The van der Waals surface area contributed by atoms with E-state index in [9.17, 15) is 4.79 Å². The van der Waals surface area contributed by atoms with E-state index in [-0.39, 0.29) is 17.4 Å². The summed E-state index contributed by atoms with van der Waals surface area (Å²) in [7, 11) is 0. The molecule has 0 aromatic rings. The van der Waals surface area contributed by atoms with E-state index in [1.807, 2.05) is 0 Å². The number of rotatable bonds is 2. The molecule has 2 aliphatic rings. The number of piperidine rings is 1. The molecular formula is C10H18N2O. The predicted molar refractivity (Wildman–Crippen MR) is 51.4 cm³/mol. The molecule has 1 aliphatic carbocycles. The van der Waals surface area contributed by atoms with Crippen LogP contribution in [0.5, 0.6) is 0 Å². The Morgan fingerprint density at radius 2 is 2.00 bits per heavy atom. The van der Waals surface area contributed by atoms with Crippen LogP contribution in [0.2, 0.25) is 0 Å². The molecule has 1 heterocycles. The molecule has 0 unspecified atom stereocenters. The van der Waals surface area contributed by atoms with Gasteiger partial charge in [0.1, 0.15) is 0 Å². The number of amides is 1. The van der Waals surface area contributed by atoms with Crippen molar-refractivity contribution in [2.45, 2.75) is 38.1 Å². The second-order valence-corrected chi connectivity index (χ2v) is 4.57. The molecule has 2 fully saturated rings. The van der Waals surface area contributed by atoms with Gasteiger partial charge in [-0.2, -0.15) is 0 Å². The van der Waals surface area contributed by atoms with Gasteiger partial charge in [0.15, 0.2) is 0 Å². The predicted octanol–water partition coefficient (Wildman–Crippen LogP) is 0.655. The number of carbonyl (C=O) groups excluding carboxylic acids is 1.